The van der Waals surface area contributed by atoms with Gasteiger partial charge in [-0.25, -0.2) is 14.6 Å². The number of carboxylic acid groups (broad SMARTS) is 1. The standard InChI is InChI=1S/C10H15N3O4S/c1-2-13(3-4-14)10(17)11-5-8-12-7(6-18-8)9(15)16/h6,14H,2-5H2,1H3,(H,11,17)(H,15,16). The maximum atomic E-state index is 11.6. The van der Waals surface area contributed by atoms with Crippen molar-refractivity contribution in [3.63, 3.8) is 0 Å². The number of carbonyl (C=O) groups excluding carboxylic acids is 1. The highest BCUT2D eigenvalue weighted by atomic mass is 32.1. The summed E-state index contributed by atoms with van der Waals surface area (Å²) in [6, 6.07) is -0.307. The van der Waals surface area contributed by atoms with E-state index in [1.807, 2.05) is 0 Å². The molecule has 0 bridgehead atoms. The first-order valence-corrected chi connectivity index (χ1v) is 6.27. The fraction of sp³-hybridized carbons (Fsp3) is 0.500. The second-order valence-corrected chi connectivity index (χ2v) is 4.34. The predicted molar refractivity (Wildman–Crippen MR) is 65.6 cm³/mol. The van der Waals surface area contributed by atoms with Crippen LogP contribution in [0, 0.1) is 0 Å². The molecule has 1 aromatic rings. The molecule has 0 aliphatic heterocycles. The second-order valence-electron chi connectivity index (χ2n) is 3.39. The number of aromatic carboxylic acids is 1. The normalized spacial score (nSPS) is 10.1. The van der Waals surface area contributed by atoms with Gasteiger partial charge in [0.05, 0.1) is 13.2 Å². The van der Waals surface area contributed by atoms with Gasteiger partial charge in [0, 0.05) is 18.5 Å². The molecule has 0 aliphatic rings. The Hall–Kier alpha value is -1.67. The molecular weight excluding hydrogens is 258 g/mol. The van der Waals surface area contributed by atoms with Crippen LogP contribution in [0.4, 0.5) is 4.79 Å². The Morgan fingerprint density at radius 2 is 2.28 bits per heavy atom. The minimum Gasteiger partial charge on any atom is -0.476 e. The molecule has 7 nitrogen and oxygen atoms in total. The zero-order valence-electron chi connectivity index (χ0n) is 9.92. The fourth-order valence-electron chi connectivity index (χ4n) is 1.28. The topological polar surface area (TPSA) is 103 Å². The van der Waals surface area contributed by atoms with Crippen molar-refractivity contribution in [2.45, 2.75) is 13.5 Å². The molecule has 100 valence electrons. The van der Waals surface area contributed by atoms with E-state index in [0.29, 0.717) is 11.6 Å². The summed E-state index contributed by atoms with van der Waals surface area (Å²) in [5, 5.41) is 22.0. The average molecular weight is 273 g/mol. The Balaban J connectivity index is 2.48. The minimum absolute atomic E-state index is 0.0213. The molecule has 3 N–H and O–H groups in total. The lowest BCUT2D eigenvalue weighted by molar-refractivity contribution is 0.0691. The number of aliphatic hydroxyl groups excluding tert-OH is 1. The quantitative estimate of drug-likeness (QED) is 0.694. The summed E-state index contributed by atoms with van der Waals surface area (Å²) in [6.07, 6.45) is 0. The van der Waals surface area contributed by atoms with Gasteiger partial charge in [-0.3, -0.25) is 0 Å². The summed E-state index contributed by atoms with van der Waals surface area (Å²) >= 11 is 1.18. The van der Waals surface area contributed by atoms with Gasteiger partial charge in [0.15, 0.2) is 5.69 Å². The van der Waals surface area contributed by atoms with E-state index in [0.717, 1.165) is 0 Å². The van der Waals surface area contributed by atoms with Crippen LogP contribution in [0.15, 0.2) is 5.38 Å². The van der Waals surface area contributed by atoms with Crippen molar-refractivity contribution < 1.29 is 19.8 Å². The first kappa shape index (κ1) is 14.4. The van der Waals surface area contributed by atoms with E-state index in [4.69, 9.17) is 10.2 Å². The number of amides is 2. The summed E-state index contributed by atoms with van der Waals surface area (Å²) in [6.45, 7) is 2.65. The van der Waals surface area contributed by atoms with Gasteiger partial charge in [0.25, 0.3) is 0 Å². The van der Waals surface area contributed by atoms with Crippen molar-refractivity contribution in [2.75, 3.05) is 19.7 Å². The highest BCUT2D eigenvalue weighted by Gasteiger charge is 2.12. The zero-order valence-corrected chi connectivity index (χ0v) is 10.7. The molecule has 0 saturated heterocycles. The number of nitrogens with zero attached hydrogens (tertiary/aromatic N) is 2. The van der Waals surface area contributed by atoms with Crippen molar-refractivity contribution in [3.8, 4) is 0 Å². The third-order valence-corrected chi connectivity index (χ3v) is 3.05. The lowest BCUT2D eigenvalue weighted by Crippen LogP contribution is -2.41. The van der Waals surface area contributed by atoms with Crippen molar-refractivity contribution in [1.82, 2.24) is 15.2 Å². The van der Waals surface area contributed by atoms with Crippen LogP contribution in [0.3, 0.4) is 0 Å². The van der Waals surface area contributed by atoms with E-state index in [2.05, 4.69) is 10.3 Å². The lowest BCUT2D eigenvalue weighted by atomic mass is 10.5. The number of nitrogens with one attached hydrogen (secondary N) is 1. The molecule has 0 aromatic carbocycles. The summed E-state index contributed by atoms with van der Waals surface area (Å²) < 4.78 is 0. The van der Waals surface area contributed by atoms with Gasteiger partial charge in [0.1, 0.15) is 5.01 Å². The van der Waals surface area contributed by atoms with E-state index in [1.54, 1.807) is 6.92 Å². The number of hydrogen-bond donors (Lipinski definition) is 3. The van der Waals surface area contributed by atoms with Gasteiger partial charge in [-0.2, -0.15) is 0 Å². The maximum absolute atomic E-state index is 11.6. The third kappa shape index (κ3) is 3.97. The monoisotopic (exact) mass is 273 g/mol. The molecule has 8 heteroatoms. The molecular formula is C10H15N3O4S. The van der Waals surface area contributed by atoms with Crippen LogP contribution in [0.2, 0.25) is 0 Å². The number of rotatable bonds is 6. The van der Waals surface area contributed by atoms with Gasteiger partial charge in [-0.05, 0) is 6.92 Å². The molecule has 1 aromatic heterocycles. The molecule has 1 rings (SSSR count). The van der Waals surface area contributed by atoms with Crippen molar-refractivity contribution in [3.05, 3.63) is 16.1 Å². The minimum atomic E-state index is -1.08. The number of carboxylic acids is 1. The molecule has 0 atom stereocenters. The molecule has 2 amide bonds. The molecule has 0 aliphatic carbocycles. The Morgan fingerprint density at radius 1 is 1.56 bits per heavy atom. The van der Waals surface area contributed by atoms with Gasteiger partial charge in [0.2, 0.25) is 0 Å². The maximum Gasteiger partial charge on any atom is 0.355 e. The number of likely N-dealkylation sites (N-methyl/N-ethyl adjacent to an activating group) is 1. The van der Waals surface area contributed by atoms with E-state index in [1.165, 1.54) is 21.6 Å². The number of aromatic nitrogens is 1. The third-order valence-electron chi connectivity index (χ3n) is 2.20. The van der Waals surface area contributed by atoms with Crippen LogP contribution in [0.25, 0.3) is 0 Å². The molecule has 0 radical (unpaired) electrons. The molecule has 0 unspecified atom stereocenters. The zero-order chi connectivity index (χ0) is 13.5. The van der Waals surface area contributed by atoms with Gasteiger partial charge in [-0.15, -0.1) is 11.3 Å². The van der Waals surface area contributed by atoms with E-state index < -0.39 is 5.97 Å². The SMILES string of the molecule is CCN(CCO)C(=O)NCc1nc(C(=O)O)cs1. The van der Waals surface area contributed by atoms with Crippen molar-refractivity contribution >= 4 is 23.3 Å². The van der Waals surface area contributed by atoms with Crippen LogP contribution in [0.1, 0.15) is 22.4 Å². The van der Waals surface area contributed by atoms with Gasteiger partial charge in [-0.1, -0.05) is 0 Å². The van der Waals surface area contributed by atoms with Crippen LogP contribution in [-0.2, 0) is 6.54 Å². The molecule has 0 fully saturated rings. The number of thiazole rings is 1. The Morgan fingerprint density at radius 3 is 2.78 bits per heavy atom. The van der Waals surface area contributed by atoms with E-state index >= 15 is 0 Å². The Bertz CT molecular complexity index is 421. The number of hydrogen-bond acceptors (Lipinski definition) is 5. The number of carbonyl (C=O) groups is 2. The molecule has 1 heterocycles. The van der Waals surface area contributed by atoms with E-state index in [9.17, 15) is 9.59 Å². The molecule has 18 heavy (non-hydrogen) atoms. The van der Waals surface area contributed by atoms with Crippen LogP contribution in [0.5, 0.6) is 0 Å². The highest BCUT2D eigenvalue weighted by Crippen LogP contribution is 2.09. The molecule has 0 saturated carbocycles. The first-order chi connectivity index (χ1) is 8.58. The average Bonchev–Trinajstić information content (AvgIpc) is 2.82. The largest absolute Gasteiger partial charge is 0.476 e. The summed E-state index contributed by atoms with van der Waals surface area (Å²) in [5.74, 6) is -1.08. The molecule has 0 spiro atoms. The van der Waals surface area contributed by atoms with Crippen LogP contribution < -0.4 is 5.32 Å². The highest BCUT2D eigenvalue weighted by molar-refractivity contribution is 7.09. The van der Waals surface area contributed by atoms with Crippen LogP contribution in [-0.4, -0.2) is 51.8 Å². The fourth-order valence-corrected chi connectivity index (χ4v) is 1.99. The second kappa shape index (κ2) is 6.92. The summed E-state index contributed by atoms with van der Waals surface area (Å²) in [5.41, 5.74) is -0.0213. The summed E-state index contributed by atoms with van der Waals surface area (Å²) in [4.78, 5) is 27.6. The lowest BCUT2D eigenvalue weighted by Gasteiger charge is -2.19. The number of aliphatic hydroxyl groups is 1. The number of urea groups is 1. The first-order valence-electron chi connectivity index (χ1n) is 5.39. The Labute approximate surface area is 108 Å². The smallest absolute Gasteiger partial charge is 0.355 e. The van der Waals surface area contributed by atoms with Crippen molar-refractivity contribution in [2.24, 2.45) is 0 Å². The summed E-state index contributed by atoms with van der Waals surface area (Å²) in [7, 11) is 0. The Kier molecular flexibility index (Phi) is 5.53. The van der Waals surface area contributed by atoms with Gasteiger partial charge < -0.3 is 20.4 Å². The van der Waals surface area contributed by atoms with Crippen LogP contribution >= 0.6 is 11.3 Å². The van der Waals surface area contributed by atoms with Gasteiger partial charge >= 0.3 is 12.0 Å². The predicted octanol–water partition coefficient (Wildman–Crippen LogP) is 0.365. The van der Waals surface area contributed by atoms with Crippen molar-refractivity contribution in [1.29, 1.82) is 0 Å². The van der Waals surface area contributed by atoms with E-state index in [-0.39, 0.29) is 31.4 Å².